The van der Waals surface area contributed by atoms with Crippen LogP contribution in [0.2, 0.25) is 0 Å². The Morgan fingerprint density at radius 2 is 2.00 bits per heavy atom. The van der Waals surface area contributed by atoms with Crippen molar-refractivity contribution in [3.8, 4) is 0 Å². The highest BCUT2D eigenvalue weighted by Gasteiger charge is 2.52. The molecule has 0 radical (unpaired) electrons. The summed E-state index contributed by atoms with van der Waals surface area (Å²) in [6.07, 6.45) is 10.4. The van der Waals surface area contributed by atoms with Crippen molar-refractivity contribution in [1.82, 2.24) is 0 Å². The quantitative estimate of drug-likeness (QED) is 0.592. The summed E-state index contributed by atoms with van der Waals surface area (Å²) in [6, 6.07) is 0. The van der Waals surface area contributed by atoms with Crippen molar-refractivity contribution in [2.75, 3.05) is 5.88 Å². The molecule has 1 heteroatoms. The Hall–Kier alpha value is 0.290. The highest BCUT2D eigenvalue weighted by atomic mass is 35.5. The van der Waals surface area contributed by atoms with E-state index >= 15 is 0 Å². The smallest absolute Gasteiger partial charge is 0.0282 e. The molecule has 13 heavy (non-hydrogen) atoms. The molecule has 0 aromatic carbocycles. The predicted octanol–water partition coefficient (Wildman–Crippen LogP) is 3.83. The van der Waals surface area contributed by atoms with Gasteiger partial charge in [-0.3, -0.25) is 0 Å². The van der Waals surface area contributed by atoms with Crippen molar-refractivity contribution < 1.29 is 0 Å². The first-order valence-electron chi connectivity index (χ1n) is 5.90. The van der Waals surface area contributed by atoms with E-state index in [1.165, 1.54) is 38.5 Å². The molecular formula is C12H19Cl. The maximum atomic E-state index is 6.18. The molecule has 0 aromatic heterocycles. The SMILES string of the molecule is ClCC1(C2CC3CCC2C3)CCC1. The second kappa shape index (κ2) is 2.89. The van der Waals surface area contributed by atoms with Crippen molar-refractivity contribution in [3.63, 3.8) is 0 Å². The van der Waals surface area contributed by atoms with Gasteiger partial charge < -0.3 is 0 Å². The summed E-state index contributed by atoms with van der Waals surface area (Å²) >= 11 is 6.18. The summed E-state index contributed by atoms with van der Waals surface area (Å²) in [5.41, 5.74) is 0.612. The van der Waals surface area contributed by atoms with Crippen molar-refractivity contribution >= 4 is 11.6 Å². The van der Waals surface area contributed by atoms with Gasteiger partial charge in [0.2, 0.25) is 0 Å². The standard InChI is InChI=1S/C12H19Cl/c13-8-12(4-1-5-12)11-7-9-2-3-10(11)6-9/h9-11H,1-8H2. The minimum atomic E-state index is 0.612. The molecule has 3 rings (SSSR count). The lowest BCUT2D eigenvalue weighted by Gasteiger charge is -2.48. The van der Waals surface area contributed by atoms with Crippen LogP contribution < -0.4 is 0 Å². The maximum Gasteiger partial charge on any atom is 0.0282 e. The van der Waals surface area contributed by atoms with Crippen LogP contribution in [0.15, 0.2) is 0 Å². The van der Waals surface area contributed by atoms with Crippen molar-refractivity contribution in [1.29, 1.82) is 0 Å². The molecule has 3 atom stereocenters. The lowest BCUT2D eigenvalue weighted by molar-refractivity contribution is 0.0386. The van der Waals surface area contributed by atoms with Crippen LogP contribution in [-0.4, -0.2) is 5.88 Å². The fraction of sp³-hybridized carbons (Fsp3) is 1.00. The fourth-order valence-electron chi connectivity index (χ4n) is 4.23. The second-order valence-electron chi connectivity index (χ2n) is 5.63. The molecule has 3 aliphatic carbocycles. The summed E-state index contributed by atoms with van der Waals surface area (Å²) in [7, 11) is 0. The van der Waals surface area contributed by atoms with Crippen LogP contribution in [0.25, 0.3) is 0 Å². The maximum absolute atomic E-state index is 6.18. The van der Waals surface area contributed by atoms with E-state index in [1.807, 2.05) is 0 Å². The Bertz CT molecular complexity index is 202. The third-order valence-corrected chi connectivity index (χ3v) is 5.67. The number of alkyl halides is 1. The summed E-state index contributed by atoms with van der Waals surface area (Å²) in [5.74, 6) is 4.14. The Kier molecular flexibility index (Phi) is 1.91. The van der Waals surface area contributed by atoms with Crippen LogP contribution in [0, 0.1) is 23.2 Å². The lowest BCUT2D eigenvalue weighted by Crippen LogP contribution is -2.41. The molecule has 3 saturated carbocycles. The number of hydrogen-bond acceptors (Lipinski definition) is 0. The van der Waals surface area contributed by atoms with Gasteiger partial charge >= 0.3 is 0 Å². The van der Waals surface area contributed by atoms with Gasteiger partial charge in [-0.2, -0.15) is 0 Å². The predicted molar refractivity (Wildman–Crippen MR) is 55.9 cm³/mol. The van der Waals surface area contributed by atoms with Crippen molar-refractivity contribution in [2.45, 2.75) is 44.9 Å². The van der Waals surface area contributed by atoms with E-state index in [-0.39, 0.29) is 0 Å². The average Bonchev–Trinajstić information content (AvgIpc) is 2.64. The minimum absolute atomic E-state index is 0.612. The Morgan fingerprint density at radius 1 is 1.15 bits per heavy atom. The van der Waals surface area contributed by atoms with Crippen LogP contribution in [0.1, 0.15) is 44.9 Å². The van der Waals surface area contributed by atoms with Gasteiger partial charge in [0, 0.05) is 5.88 Å². The molecule has 0 aliphatic heterocycles. The van der Waals surface area contributed by atoms with E-state index in [0.29, 0.717) is 5.41 Å². The van der Waals surface area contributed by atoms with Crippen molar-refractivity contribution in [3.05, 3.63) is 0 Å². The molecular weight excluding hydrogens is 180 g/mol. The summed E-state index contributed by atoms with van der Waals surface area (Å²) in [4.78, 5) is 0. The number of hydrogen-bond donors (Lipinski definition) is 0. The zero-order valence-corrected chi connectivity index (χ0v) is 9.02. The third kappa shape index (κ3) is 1.11. The Morgan fingerprint density at radius 3 is 2.38 bits per heavy atom. The molecule has 3 aliphatic rings. The molecule has 3 fully saturated rings. The molecule has 0 heterocycles. The van der Waals surface area contributed by atoms with Crippen LogP contribution >= 0.6 is 11.6 Å². The highest BCUT2D eigenvalue weighted by Crippen LogP contribution is 2.61. The van der Waals surface area contributed by atoms with Gasteiger partial charge in [-0.25, -0.2) is 0 Å². The minimum Gasteiger partial charge on any atom is -0.126 e. The van der Waals surface area contributed by atoms with Gasteiger partial charge in [0.25, 0.3) is 0 Å². The van der Waals surface area contributed by atoms with Gasteiger partial charge in [-0.05, 0) is 55.3 Å². The van der Waals surface area contributed by atoms with Crippen LogP contribution in [0.3, 0.4) is 0 Å². The molecule has 0 N–H and O–H groups in total. The van der Waals surface area contributed by atoms with E-state index in [4.69, 9.17) is 11.6 Å². The topological polar surface area (TPSA) is 0 Å². The molecule has 0 aromatic rings. The summed E-state index contributed by atoms with van der Waals surface area (Å²) < 4.78 is 0. The molecule has 2 bridgehead atoms. The van der Waals surface area contributed by atoms with Gasteiger partial charge in [-0.1, -0.05) is 12.8 Å². The van der Waals surface area contributed by atoms with E-state index in [9.17, 15) is 0 Å². The molecule has 0 amide bonds. The van der Waals surface area contributed by atoms with E-state index < -0.39 is 0 Å². The molecule has 0 nitrogen and oxygen atoms in total. The number of halogens is 1. The van der Waals surface area contributed by atoms with E-state index in [0.717, 1.165) is 23.6 Å². The zero-order valence-electron chi connectivity index (χ0n) is 8.27. The second-order valence-corrected chi connectivity index (χ2v) is 5.90. The lowest BCUT2D eigenvalue weighted by atomic mass is 9.58. The van der Waals surface area contributed by atoms with Crippen LogP contribution in [-0.2, 0) is 0 Å². The van der Waals surface area contributed by atoms with Crippen LogP contribution in [0.5, 0.6) is 0 Å². The van der Waals surface area contributed by atoms with E-state index in [2.05, 4.69) is 0 Å². The Balaban J connectivity index is 1.78. The van der Waals surface area contributed by atoms with E-state index in [1.54, 1.807) is 6.42 Å². The fourth-order valence-corrected chi connectivity index (χ4v) is 4.69. The molecule has 3 unspecified atom stereocenters. The average molecular weight is 199 g/mol. The zero-order chi connectivity index (χ0) is 8.89. The Labute approximate surface area is 86.0 Å². The normalized spacial score (nSPS) is 46.4. The molecule has 0 saturated heterocycles. The van der Waals surface area contributed by atoms with Gasteiger partial charge in [0.15, 0.2) is 0 Å². The first kappa shape index (κ1) is 8.59. The summed E-state index contributed by atoms with van der Waals surface area (Å²) in [5, 5.41) is 0. The number of rotatable bonds is 2. The van der Waals surface area contributed by atoms with Crippen LogP contribution in [0.4, 0.5) is 0 Å². The molecule has 0 spiro atoms. The monoisotopic (exact) mass is 198 g/mol. The largest absolute Gasteiger partial charge is 0.126 e. The first-order valence-corrected chi connectivity index (χ1v) is 6.43. The molecule has 74 valence electrons. The first-order chi connectivity index (χ1) is 6.34. The number of fused-ring (bicyclic) bond motifs is 2. The van der Waals surface area contributed by atoms with Gasteiger partial charge in [0.1, 0.15) is 0 Å². The highest BCUT2D eigenvalue weighted by molar-refractivity contribution is 6.18. The summed E-state index contributed by atoms with van der Waals surface area (Å²) in [6.45, 7) is 0. The third-order valence-electron chi connectivity index (χ3n) is 5.14. The van der Waals surface area contributed by atoms with Gasteiger partial charge in [-0.15, -0.1) is 11.6 Å². The van der Waals surface area contributed by atoms with Crippen molar-refractivity contribution in [2.24, 2.45) is 23.2 Å². The van der Waals surface area contributed by atoms with Gasteiger partial charge in [0.05, 0.1) is 0 Å².